The summed E-state index contributed by atoms with van der Waals surface area (Å²) in [7, 11) is 1.66. The van der Waals surface area contributed by atoms with Gasteiger partial charge in [-0.2, -0.15) is 0 Å². The van der Waals surface area contributed by atoms with Crippen molar-refractivity contribution in [1.82, 2.24) is 14.9 Å². The zero-order chi connectivity index (χ0) is 24.9. The Morgan fingerprint density at radius 3 is 2.53 bits per heavy atom. The fourth-order valence-electron chi connectivity index (χ4n) is 4.76. The average Bonchev–Trinajstić information content (AvgIpc) is 2.90. The maximum Gasteiger partial charge on any atom is 0.224 e. The minimum Gasteiger partial charge on any atom is -0.493 e. The summed E-state index contributed by atoms with van der Waals surface area (Å²) in [5.41, 5.74) is 3.11. The van der Waals surface area contributed by atoms with E-state index in [0.29, 0.717) is 23.8 Å². The summed E-state index contributed by atoms with van der Waals surface area (Å²) in [6.07, 6.45) is 1.94. The molecule has 2 heterocycles. The van der Waals surface area contributed by atoms with Gasteiger partial charge in [0.25, 0.3) is 0 Å². The standard InChI is InChI=1S/C29H31FN4O2/c1-3-36-27-18-20(12-13-26(27)35-2)19-34-16-14-21(15-17-34)31-29-32-25-11-7-5-9-23(25)28(33-29)22-8-4-6-10-24(22)30/h4-13,18,21H,3,14-17,19H2,1-2H3,(H,31,32,33). The summed E-state index contributed by atoms with van der Waals surface area (Å²) < 4.78 is 25.8. The molecule has 5 rings (SSSR count). The third-order valence-corrected chi connectivity index (χ3v) is 6.59. The van der Waals surface area contributed by atoms with E-state index in [1.807, 2.05) is 43.3 Å². The number of benzene rings is 3. The third kappa shape index (κ3) is 5.26. The van der Waals surface area contributed by atoms with Crippen molar-refractivity contribution in [3.05, 3.63) is 78.1 Å². The Hall–Kier alpha value is -3.71. The SMILES string of the molecule is CCOc1cc(CN2CCC(Nc3nc(-c4ccccc4F)c4ccccc4n3)CC2)ccc1OC. The summed E-state index contributed by atoms with van der Waals surface area (Å²) in [5.74, 6) is 1.80. The van der Waals surface area contributed by atoms with Crippen molar-refractivity contribution in [2.45, 2.75) is 32.4 Å². The molecule has 0 bridgehead atoms. The largest absolute Gasteiger partial charge is 0.493 e. The van der Waals surface area contributed by atoms with Crippen LogP contribution >= 0.6 is 0 Å². The summed E-state index contributed by atoms with van der Waals surface area (Å²) >= 11 is 0. The van der Waals surface area contributed by atoms with Crippen molar-refractivity contribution in [2.75, 3.05) is 32.1 Å². The Morgan fingerprint density at radius 2 is 1.75 bits per heavy atom. The lowest BCUT2D eigenvalue weighted by atomic mass is 10.0. The van der Waals surface area contributed by atoms with Crippen molar-refractivity contribution in [3.63, 3.8) is 0 Å². The summed E-state index contributed by atoms with van der Waals surface area (Å²) in [6, 6.07) is 20.9. The predicted octanol–water partition coefficient (Wildman–Crippen LogP) is 5.92. The fraction of sp³-hybridized carbons (Fsp3) is 0.310. The van der Waals surface area contributed by atoms with E-state index in [-0.39, 0.29) is 11.9 Å². The molecule has 6 nitrogen and oxygen atoms in total. The highest BCUT2D eigenvalue weighted by molar-refractivity contribution is 5.93. The van der Waals surface area contributed by atoms with E-state index in [1.165, 1.54) is 11.6 Å². The number of nitrogens with one attached hydrogen (secondary N) is 1. The number of anilines is 1. The van der Waals surface area contributed by atoms with Crippen LogP contribution in [0.25, 0.3) is 22.2 Å². The lowest BCUT2D eigenvalue weighted by Crippen LogP contribution is -2.39. The maximum absolute atomic E-state index is 14.6. The van der Waals surface area contributed by atoms with E-state index >= 15 is 0 Å². The smallest absolute Gasteiger partial charge is 0.224 e. The molecule has 1 aromatic heterocycles. The first kappa shape index (κ1) is 24.0. The van der Waals surface area contributed by atoms with E-state index in [1.54, 1.807) is 19.2 Å². The normalized spacial score (nSPS) is 14.6. The number of aromatic nitrogens is 2. The molecule has 36 heavy (non-hydrogen) atoms. The zero-order valence-corrected chi connectivity index (χ0v) is 20.7. The number of nitrogens with zero attached hydrogens (tertiary/aromatic N) is 3. The quantitative estimate of drug-likeness (QED) is 0.334. The number of piperidine rings is 1. The molecule has 4 aromatic rings. The van der Waals surface area contributed by atoms with Crippen LogP contribution in [0.15, 0.2) is 66.7 Å². The Labute approximate surface area is 211 Å². The highest BCUT2D eigenvalue weighted by Crippen LogP contribution is 2.31. The van der Waals surface area contributed by atoms with E-state index in [9.17, 15) is 4.39 Å². The molecule has 1 saturated heterocycles. The number of para-hydroxylation sites is 1. The zero-order valence-electron chi connectivity index (χ0n) is 20.7. The van der Waals surface area contributed by atoms with Gasteiger partial charge in [-0.15, -0.1) is 0 Å². The van der Waals surface area contributed by atoms with Gasteiger partial charge in [0.15, 0.2) is 11.5 Å². The van der Waals surface area contributed by atoms with Gasteiger partial charge in [0.05, 0.1) is 24.9 Å². The van der Waals surface area contributed by atoms with Gasteiger partial charge in [0.2, 0.25) is 5.95 Å². The highest BCUT2D eigenvalue weighted by Gasteiger charge is 2.21. The van der Waals surface area contributed by atoms with E-state index in [4.69, 9.17) is 19.4 Å². The molecule has 7 heteroatoms. The molecule has 0 saturated carbocycles. The molecule has 1 fully saturated rings. The van der Waals surface area contributed by atoms with Crippen LogP contribution in [0.1, 0.15) is 25.3 Å². The van der Waals surface area contributed by atoms with E-state index in [0.717, 1.165) is 54.9 Å². The van der Waals surface area contributed by atoms with E-state index in [2.05, 4.69) is 22.3 Å². The fourth-order valence-corrected chi connectivity index (χ4v) is 4.76. The Kier molecular flexibility index (Phi) is 7.28. The van der Waals surface area contributed by atoms with Crippen molar-refractivity contribution < 1.29 is 13.9 Å². The van der Waals surface area contributed by atoms with Crippen LogP contribution in [0.3, 0.4) is 0 Å². The molecule has 0 spiro atoms. The summed E-state index contributed by atoms with van der Waals surface area (Å²) in [4.78, 5) is 11.9. The molecule has 1 N–H and O–H groups in total. The minimum atomic E-state index is -0.286. The molecule has 0 aliphatic carbocycles. The average molecular weight is 487 g/mol. The summed E-state index contributed by atoms with van der Waals surface area (Å²) in [6.45, 7) is 5.36. The van der Waals surface area contributed by atoms with Crippen LogP contribution < -0.4 is 14.8 Å². The van der Waals surface area contributed by atoms with Crippen LogP contribution in [0.2, 0.25) is 0 Å². The molecule has 1 aliphatic rings. The predicted molar refractivity (Wildman–Crippen MR) is 141 cm³/mol. The number of fused-ring (bicyclic) bond motifs is 1. The Bertz CT molecular complexity index is 1340. The van der Waals surface area contributed by atoms with E-state index < -0.39 is 0 Å². The first-order valence-corrected chi connectivity index (χ1v) is 12.4. The van der Waals surface area contributed by atoms with Gasteiger partial charge in [-0.25, -0.2) is 14.4 Å². The number of methoxy groups -OCH3 is 1. The van der Waals surface area contributed by atoms with Crippen LogP contribution in [0.4, 0.5) is 10.3 Å². The lowest BCUT2D eigenvalue weighted by molar-refractivity contribution is 0.210. The number of halogens is 1. The number of hydrogen-bond acceptors (Lipinski definition) is 6. The Balaban J connectivity index is 1.27. The molecular formula is C29H31FN4O2. The lowest BCUT2D eigenvalue weighted by Gasteiger charge is -2.32. The number of likely N-dealkylation sites (tertiary alicyclic amines) is 1. The van der Waals surface area contributed by atoms with Gasteiger partial charge in [-0.1, -0.05) is 36.4 Å². The van der Waals surface area contributed by atoms with Crippen molar-refractivity contribution in [3.8, 4) is 22.8 Å². The molecular weight excluding hydrogens is 455 g/mol. The molecule has 186 valence electrons. The maximum atomic E-state index is 14.6. The van der Waals surface area contributed by atoms with Crippen molar-refractivity contribution >= 4 is 16.9 Å². The second-order valence-corrected chi connectivity index (χ2v) is 9.01. The van der Waals surface area contributed by atoms with Gasteiger partial charge < -0.3 is 14.8 Å². The van der Waals surface area contributed by atoms with Crippen LogP contribution in [0.5, 0.6) is 11.5 Å². The van der Waals surface area contributed by atoms with Crippen molar-refractivity contribution in [2.24, 2.45) is 0 Å². The molecule has 0 radical (unpaired) electrons. The topological polar surface area (TPSA) is 59.5 Å². The number of rotatable bonds is 8. The summed E-state index contributed by atoms with van der Waals surface area (Å²) in [5, 5.41) is 4.36. The second-order valence-electron chi connectivity index (χ2n) is 9.01. The monoisotopic (exact) mass is 486 g/mol. The van der Waals surface area contributed by atoms with Crippen LogP contribution in [-0.2, 0) is 6.54 Å². The highest BCUT2D eigenvalue weighted by atomic mass is 19.1. The molecule has 0 unspecified atom stereocenters. The molecule has 0 atom stereocenters. The molecule has 1 aliphatic heterocycles. The minimum absolute atomic E-state index is 0.255. The first-order chi connectivity index (χ1) is 17.6. The number of ether oxygens (including phenoxy) is 2. The van der Waals surface area contributed by atoms with Gasteiger partial charge in [0, 0.05) is 36.6 Å². The molecule has 0 amide bonds. The van der Waals surface area contributed by atoms with Gasteiger partial charge in [-0.05, 0) is 55.7 Å². The molecule has 3 aromatic carbocycles. The number of hydrogen-bond donors (Lipinski definition) is 1. The second kappa shape index (κ2) is 10.9. The Morgan fingerprint density at radius 1 is 0.972 bits per heavy atom. The van der Waals surface area contributed by atoms with Gasteiger partial charge in [0.1, 0.15) is 5.82 Å². The van der Waals surface area contributed by atoms with Crippen molar-refractivity contribution in [1.29, 1.82) is 0 Å². The van der Waals surface area contributed by atoms with Gasteiger partial charge >= 0.3 is 0 Å². The first-order valence-electron chi connectivity index (χ1n) is 12.4. The van der Waals surface area contributed by atoms with Crippen LogP contribution in [-0.4, -0.2) is 47.7 Å². The van der Waals surface area contributed by atoms with Gasteiger partial charge in [-0.3, -0.25) is 4.90 Å². The third-order valence-electron chi connectivity index (χ3n) is 6.59. The van der Waals surface area contributed by atoms with Crippen LogP contribution in [0, 0.1) is 5.82 Å².